The highest BCUT2D eigenvalue weighted by Crippen LogP contribution is 2.27. The van der Waals surface area contributed by atoms with Crippen LogP contribution < -0.4 is 4.74 Å². The number of hydrogen-bond donors (Lipinski definition) is 1. The SMILES string of the molecule is COCC#CCN1CCC[C@@H]1Cc1c[nH]c2ccc(OC)cc12. The molecule has 1 fully saturated rings. The number of fused-ring (bicyclic) bond motifs is 1. The Morgan fingerprint density at radius 1 is 1.30 bits per heavy atom. The van der Waals surface area contributed by atoms with E-state index in [2.05, 4.69) is 40.1 Å². The van der Waals surface area contributed by atoms with E-state index in [1.807, 2.05) is 6.07 Å². The summed E-state index contributed by atoms with van der Waals surface area (Å²) in [7, 11) is 3.39. The Morgan fingerprint density at radius 3 is 3.04 bits per heavy atom. The number of aromatic nitrogens is 1. The second-order valence-corrected chi connectivity index (χ2v) is 5.98. The Morgan fingerprint density at radius 2 is 2.22 bits per heavy atom. The van der Waals surface area contributed by atoms with Gasteiger partial charge in [0.2, 0.25) is 0 Å². The fourth-order valence-electron chi connectivity index (χ4n) is 3.32. The number of hydrogen-bond acceptors (Lipinski definition) is 3. The summed E-state index contributed by atoms with van der Waals surface area (Å²) in [5.41, 5.74) is 2.53. The predicted molar refractivity (Wildman–Crippen MR) is 92.8 cm³/mol. The summed E-state index contributed by atoms with van der Waals surface area (Å²) in [5, 5.41) is 1.27. The van der Waals surface area contributed by atoms with Crippen LogP contribution in [0.15, 0.2) is 24.4 Å². The summed E-state index contributed by atoms with van der Waals surface area (Å²) in [6, 6.07) is 6.77. The van der Waals surface area contributed by atoms with Gasteiger partial charge < -0.3 is 14.5 Å². The van der Waals surface area contributed by atoms with Crippen LogP contribution in [0, 0.1) is 11.8 Å². The molecule has 23 heavy (non-hydrogen) atoms. The Balaban J connectivity index is 1.72. The van der Waals surface area contributed by atoms with Crippen LogP contribution in [0.2, 0.25) is 0 Å². The highest BCUT2D eigenvalue weighted by molar-refractivity contribution is 5.84. The molecule has 1 aromatic heterocycles. The Bertz CT molecular complexity index is 711. The van der Waals surface area contributed by atoms with Crippen LogP contribution >= 0.6 is 0 Å². The number of likely N-dealkylation sites (tertiary alicyclic amines) is 1. The van der Waals surface area contributed by atoms with Gasteiger partial charge in [0.25, 0.3) is 0 Å². The van der Waals surface area contributed by atoms with Crippen LogP contribution in [0.25, 0.3) is 10.9 Å². The van der Waals surface area contributed by atoms with Gasteiger partial charge in [-0.2, -0.15) is 0 Å². The molecule has 0 bridgehead atoms. The lowest BCUT2D eigenvalue weighted by molar-refractivity contribution is 0.239. The Labute approximate surface area is 137 Å². The average molecular weight is 312 g/mol. The Kier molecular flexibility index (Phi) is 5.22. The lowest BCUT2D eigenvalue weighted by atomic mass is 10.0. The zero-order valence-corrected chi connectivity index (χ0v) is 13.9. The summed E-state index contributed by atoms with van der Waals surface area (Å²) >= 11 is 0. The van der Waals surface area contributed by atoms with Crippen LogP contribution in [-0.2, 0) is 11.2 Å². The summed E-state index contributed by atoms with van der Waals surface area (Å²) in [6.07, 6.45) is 5.68. The monoisotopic (exact) mass is 312 g/mol. The van der Waals surface area contributed by atoms with E-state index in [0.29, 0.717) is 12.6 Å². The van der Waals surface area contributed by atoms with Gasteiger partial charge in [-0.25, -0.2) is 0 Å². The molecule has 0 unspecified atom stereocenters. The number of methoxy groups -OCH3 is 2. The smallest absolute Gasteiger partial charge is 0.119 e. The first-order valence-corrected chi connectivity index (χ1v) is 8.14. The van der Waals surface area contributed by atoms with Gasteiger partial charge in [-0.1, -0.05) is 11.8 Å². The largest absolute Gasteiger partial charge is 0.497 e. The second-order valence-electron chi connectivity index (χ2n) is 5.98. The molecule has 2 heterocycles. The molecule has 0 aliphatic carbocycles. The minimum atomic E-state index is 0.515. The van der Waals surface area contributed by atoms with E-state index in [1.165, 1.54) is 29.3 Å². The minimum Gasteiger partial charge on any atom is -0.497 e. The average Bonchev–Trinajstić information content (AvgIpc) is 3.19. The van der Waals surface area contributed by atoms with Crippen LogP contribution in [0.3, 0.4) is 0 Å². The molecule has 3 rings (SSSR count). The molecule has 122 valence electrons. The van der Waals surface area contributed by atoms with Crippen molar-refractivity contribution in [1.82, 2.24) is 9.88 Å². The lowest BCUT2D eigenvalue weighted by Crippen LogP contribution is -2.31. The van der Waals surface area contributed by atoms with Crippen LogP contribution in [0.1, 0.15) is 18.4 Å². The van der Waals surface area contributed by atoms with E-state index in [-0.39, 0.29) is 0 Å². The fraction of sp³-hybridized carbons (Fsp3) is 0.474. The standard InChI is InChI=1S/C19H24N2O2/c1-22-11-4-3-9-21-10-5-6-16(21)12-15-14-20-19-8-7-17(23-2)13-18(15)19/h7-8,13-14,16,20H,5-6,9-12H2,1-2H3/t16-/m1/s1. The molecule has 1 aliphatic rings. The van der Waals surface area contributed by atoms with Crippen molar-refractivity contribution in [2.24, 2.45) is 0 Å². The lowest BCUT2D eigenvalue weighted by Gasteiger charge is -2.21. The molecule has 1 aliphatic heterocycles. The number of nitrogens with one attached hydrogen (secondary N) is 1. The maximum atomic E-state index is 5.36. The summed E-state index contributed by atoms with van der Waals surface area (Å²) in [6.45, 7) is 2.48. The first-order chi connectivity index (χ1) is 11.3. The van der Waals surface area contributed by atoms with E-state index in [0.717, 1.165) is 25.3 Å². The van der Waals surface area contributed by atoms with Gasteiger partial charge in [-0.3, -0.25) is 4.90 Å². The van der Waals surface area contributed by atoms with Crippen LogP contribution in [0.4, 0.5) is 0 Å². The van der Waals surface area contributed by atoms with Gasteiger partial charge in [-0.05, 0) is 49.6 Å². The molecule has 1 aromatic carbocycles. The maximum absolute atomic E-state index is 5.36. The van der Waals surface area contributed by atoms with Crippen molar-refractivity contribution in [2.45, 2.75) is 25.3 Å². The van der Waals surface area contributed by atoms with Crippen molar-refractivity contribution in [3.63, 3.8) is 0 Å². The zero-order valence-electron chi connectivity index (χ0n) is 13.9. The normalized spacial score (nSPS) is 18.1. The molecule has 1 atom stereocenters. The molecular formula is C19H24N2O2. The van der Waals surface area contributed by atoms with Crippen molar-refractivity contribution < 1.29 is 9.47 Å². The first kappa shape index (κ1) is 15.9. The number of ether oxygens (including phenoxy) is 2. The first-order valence-electron chi connectivity index (χ1n) is 8.14. The highest BCUT2D eigenvalue weighted by Gasteiger charge is 2.24. The van der Waals surface area contributed by atoms with E-state index < -0.39 is 0 Å². The van der Waals surface area contributed by atoms with E-state index >= 15 is 0 Å². The Hall–Kier alpha value is -1.96. The maximum Gasteiger partial charge on any atom is 0.119 e. The third kappa shape index (κ3) is 3.69. The van der Waals surface area contributed by atoms with Crippen LogP contribution in [0.5, 0.6) is 5.75 Å². The third-order valence-electron chi connectivity index (χ3n) is 4.55. The number of rotatable bonds is 5. The van der Waals surface area contributed by atoms with Gasteiger partial charge in [0.15, 0.2) is 0 Å². The molecule has 1 N–H and O–H groups in total. The number of aromatic amines is 1. The molecule has 0 saturated carbocycles. The molecule has 0 amide bonds. The fourth-order valence-corrected chi connectivity index (χ4v) is 3.32. The van der Waals surface area contributed by atoms with E-state index in [1.54, 1.807) is 14.2 Å². The van der Waals surface area contributed by atoms with Crippen molar-refractivity contribution >= 4 is 10.9 Å². The van der Waals surface area contributed by atoms with Gasteiger partial charge in [0.1, 0.15) is 12.4 Å². The molecule has 1 saturated heterocycles. The van der Waals surface area contributed by atoms with Crippen molar-refractivity contribution in [3.05, 3.63) is 30.0 Å². The quantitative estimate of drug-likeness (QED) is 0.863. The third-order valence-corrected chi connectivity index (χ3v) is 4.55. The second kappa shape index (κ2) is 7.54. The van der Waals surface area contributed by atoms with Crippen molar-refractivity contribution in [3.8, 4) is 17.6 Å². The zero-order chi connectivity index (χ0) is 16.1. The highest BCUT2D eigenvalue weighted by atomic mass is 16.5. The number of nitrogens with zero attached hydrogens (tertiary/aromatic N) is 1. The molecule has 4 nitrogen and oxygen atoms in total. The predicted octanol–water partition coefficient (Wildman–Crippen LogP) is 2.83. The molecule has 0 radical (unpaired) electrons. The summed E-state index contributed by atoms with van der Waals surface area (Å²) < 4.78 is 10.3. The molecule has 4 heteroatoms. The van der Waals surface area contributed by atoms with E-state index in [9.17, 15) is 0 Å². The van der Waals surface area contributed by atoms with Crippen molar-refractivity contribution in [1.29, 1.82) is 0 Å². The molecule has 0 spiro atoms. The molecular weight excluding hydrogens is 288 g/mol. The topological polar surface area (TPSA) is 37.5 Å². The van der Waals surface area contributed by atoms with Crippen molar-refractivity contribution in [2.75, 3.05) is 33.9 Å². The molecule has 2 aromatic rings. The summed E-state index contributed by atoms with van der Waals surface area (Å²) in [4.78, 5) is 5.86. The number of H-pyrrole nitrogens is 1. The summed E-state index contributed by atoms with van der Waals surface area (Å²) in [5.74, 6) is 7.18. The van der Waals surface area contributed by atoms with E-state index in [4.69, 9.17) is 9.47 Å². The van der Waals surface area contributed by atoms with Gasteiger partial charge >= 0.3 is 0 Å². The minimum absolute atomic E-state index is 0.515. The van der Waals surface area contributed by atoms with Gasteiger partial charge in [0.05, 0.1) is 13.7 Å². The van der Waals surface area contributed by atoms with Gasteiger partial charge in [-0.15, -0.1) is 0 Å². The number of benzene rings is 1. The van der Waals surface area contributed by atoms with Gasteiger partial charge in [0, 0.05) is 30.3 Å². The van der Waals surface area contributed by atoms with Crippen LogP contribution in [-0.4, -0.2) is 49.8 Å².